The second kappa shape index (κ2) is 9.50. The predicted molar refractivity (Wildman–Crippen MR) is 130 cm³/mol. The number of hydrogen-bond donors (Lipinski definition) is 1. The number of benzene rings is 1. The maximum atomic E-state index is 12.3. The Labute approximate surface area is 202 Å². The fraction of sp³-hybridized carbons (Fsp3) is 0.417. The lowest BCUT2D eigenvalue weighted by Crippen LogP contribution is -2.47. The zero-order valence-electron chi connectivity index (χ0n) is 19.2. The van der Waals surface area contributed by atoms with Gasteiger partial charge in [-0.1, -0.05) is 12.1 Å². The normalized spacial score (nSPS) is 18.9. The van der Waals surface area contributed by atoms with Crippen LogP contribution in [0.4, 0.5) is 11.9 Å². The van der Waals surface area contributed by atoms with E-state index in [1.54, 1.807) is 20.3 Å². The number of fused-ring (bicyclic) bond motifs is 4. The van der Waals surface area contributed by atoms with Gasteiger partial charge < -0.3 is 24.3 Å². The van der Waals surface area contributed by atoms with Gasteiger partial charge in [-0.05, 0) is 54.1 Å². The maximum Gasteiger partial charge on any atom is 0.250 e. The van der Waals surface area contributed by atoms with Crippen LogP contribution in [0.5, 0.6) is 11.5 Å². The molecule has 2 bridgehead atoms. The number of pyridine rings is 1. The first kappa shape index (κ1) is 22.5. The van der Waals surface area contributed by atoms with Crippen LogP contribution >= 0.6 is 11.6 Å². The Balaban J connectivity index is 1.28. The van der Waals surface area contributed by atoms with Crippen molar-refractivity contribution in [1.29, 1.82) is 0 Å². The Morgan fingerprint density at radius 2 is 1.91 bits per heavy atom. The third kappa shape index (κ3) is 4.52. The number of aromatic nitrogens is 4. The molecule has 178 valence electrons. The van der Waals surface area contributed by atoms with E-state index in [9.17, 15) is 4.79 Å². The van der Waals surface area contributed by atoms with E-state index in [-0.39, 0.29) is 16.8 Å². The lowest BCUT2D eigenvalue weighted by molar-refractivity contribution is 0.279. The molecule has 1 N–H and O–H groups in total. The number of anilines is 2. The highest BCUT2D eigenvalue weighted by atomic mass is 35.5. The third-order valence-electron chi connectivity index (χ3n) is 6.50. The lowest BCUT2D eigenvalue weighted by Gasteiger charge is -2.42. The van der Waals surface area contributed by atoms with E-state index >= 15 is 0 Å². The van der Waals surface area contributed by atoms with Gasteiger partial charge in [0.15, 0.2) is 11.5 Å². The molecule has 0 radical (unpaired) electrons. The van der Waals surface area contributed by atoms with Gasteiger partial charge in [-0.25, -0.2) is 0 Å². The number of rotatable bonds is 7. The number of ether oxygens (including phenoxy) is 2. The monoisotopic (exact) mass is 482 g/mol. The second-order valence-electron chi connectivity index (χ2n) is 8.70. The lowest BCUT2D eigenvalue weighted by atomic mass is 9.83. The molecular formula is C24H27ClN6O3. The van der Waals surface area contributed by atoms with Gasteiger partial charge in [0.05, 0.1) is 14.2 Å². The Morgan fingerprint density at radius 3 is 2.74 bits per heavy atom. The molecule has 0 unspecified atom stereocenters. The quantitative estimate of drug-likeness (QED) is 0.549. The molecule has 2 aromatic heterocycles. The zero-order valence-corrected chi connectivity index (χ0v) is 20.0. The first-order chi connectivity index (χ1) is 16.5. The second-order valence-corrected chi connectivity index (χ2v) is 9.04. The number of piperidine rings is 1. The van der Waals surface area contributed by atoms with Crippen molar-refractivity contribution in [3.05, 3.63) is 63.3 Å². The van der Waals surface area contributed by atoms with Crippen molar-refractivity contribution in [3.63, 3.8) is 0 Å². The molecule has 9 nitrogen and oxygen atoms in total. The van der Waals surface area contributed by atoms with E-state index in [0.717, 1.165) is 43.7 Å². The average Bonchev–Trinajstić information content (AvgIpc) is 2.84. The van der Waals surface area contributed by atoms with Crippen LogP contribution in [0.3, 0.4) is 0 Å². The molecule has 0 amide bonds. The molecule has 0 saturated carbocycles. The van der Waals surface area contributed by atoms with Crippen molar-refractivity contribution in [3.8, 4) is 11.5 Å². The molecule has 5 rings (SSSR count). The number of nitrogens with one attached hydrogen (secondary N) is 1. The molecular weight excluding hydrogens is 456 g/mol. The minimum Gasteiger partial charge on any atom is -0.493 e. The number of methoxy groups -OCH3 is 2. The van der Waals surface area contributed by atoms with Crippen LogP contribution in [-0.2, 0) is 13.0 Å². The van der Waals surface area contributed by atoms with Crippen LogP contribution in [-0.4, -0.2) is 53.4 Å². The molecule has 10 heteroatoms. The van der Waals surface area contributed by atoms with Gasteiger partial charge in [-0.15, -0.1) is 0 Å². The summed E-state index contributed by atoms with van der Waals surface area (Å²) < 4.78 is 12.6. The third-order valence-corrected chi connectivity index (χ3v) is 6.67. The van der Waals surface area contributed by atoms with Gasteiger partial charge in [0, 0.05) is 43.9 Å². The molecule has 0 spiro atoms. The van der Waals surface area contributed by atoms with Crippen LogP contribution < -0.4 is 25.2 Å². The first-order valence-corrected chi connectivity index (χ1v) is 11.7. The number of halogens is 1. The minimum atomic E-state index is 0.0739. The fourth-order valence-corrected chi connectivity index (χ4v) is 5.13. The highest BCUT2D eigenvalue weighted by Gasteiger charge is 2.35. The smallest absolute Gasteiger partial charge is 0.250 e. The van der Waals surface area contributed by atoms with Crippen molar-refractivity contribution in [2.75, 3.05) is 44.1 Å². The van der Waals surface area contributed by atoms with Crippen LogP contribution in [0.15, 0.2) is 41.2 Å². The van der Waals surface area contributed by atoms with Gasteiger partial charge >= 0.3 is 0 Å². The summed E-state index contributed by atoms with van der Waals surface area (Å²) in [5.74, 6) is 3.04. The maximum absolute atomic E-state index is 12.3. The van der Waals surface area contributed by atoms with E-state index in [0.29, 0.717) is 35.9 Å². The van der Waals surface area contributed by atoms with Gasteiger partial charge in [0.1, 0.15) is 0 Å². The van der Waals surface area contributed by atoms with E-state index in [1.807, 2.05) is 34.9 Å². The number of hydrogen-bond acceptors (Lipinski definition) is 8. The molecule has 1 aromatic carbocycles. The van der Waals surface area contributed by atoms with Crippen molar-refractivity contribution < 1.29 is 9.47 Å². The van der Waals surface area contributed by atoms with Crippen LogP contribution in [0.2, 0.25) is 5.28 Å². The first-order valence-electron chi connectivity index (χ1n) is 11.3. The Hall–Kier alpha value is -3.33. The van der Waals surface area contributed by atoms with Crippen LogP contribution in [0.25, 0.3) is 0 Å². The summed E-state index contributed by atoms with van der Waals surface area (Å²) in [7, 11) is 3.25. The molecule has 3 aromatic rings. The standard InChI is InChI=1S/C24H27ClN6O3/c1-33-19-7-6-15(11-20(19)34-2)8-9-26-23-27-22(25)28-24(29-23)30-12-16-10-17(14-30)18-4-3-5-21(32)31(18)13-16/h3-7,11,16-17H,8-10,12-14H2,1-2H3,(H,26,27,28,29)/t16-,17+/m1/s1. The summed E-state index contributed by atoms with van der Waals surface area (Å²) in [4.78, 5) is 27.7. The van der Waals surface area contributed by atoms with Gasteiger partial charge in [-0.3, -0.25) is 4.79 Å². The summed E-state index contributed by atoms with van der Waals surface area (Å²) in [6, 6.07) is 11.4. The van der Waals surface area contributed by atoms with Crippen molar-refractivity contribution in [2.45, 2.75) is 25.3 Å². The topological polar surface area (TPSA) is 94.4 Å². The van der Waals surface area contributed by atoms with Crippen molar-refractivity contribution in [1.82, 2.24) is 19.5 Å². The molecule has 34 heavy (non-hydrogen) atoms. The number of nitrogens with zero attached hydrogens (tertiary/aromatic N) is 5. The Kier molecular flexibility index (Phi) is 6.28. The molecule has 0 aliphatic carbocycles. The summed E-state index contributed by atoms with van der Waals surface area (Å²) in [6.45, 7) is 2.86. The van der Waals surface area contributed by atoms with Crippen LogP contribution in [0.1, 0.15) is 23.6 Å². The predicted octanol–water partition coefficient (Wildman–Crippen LogP) is 2.98. The largest absolute Gasteiger partial charge is 0.493 e. The van der Waals surface area contributed by atoms with Crippen molar-refractivity contribution >= 4 is 23.5 Å². The summed E-state index contributed by atoms with van der Waals surface area (Å²) in [5.41, 5.74) is 2.26. The van der Waals surface area contributed by atoms with Crippen LogP contribution in [0, 0.1) is 5.92 Å². The van der Waals surface area contributed by atoms with Crippen molar-refractivity contribution in [2.24, 2.45) is 5.92 Å². The Bertz CT molecular complexity index is 1250. The fourth-order valence-electron chi connectivity index (χ4n) is 4.97. The summed E-state index contributed by atoms with van der Waals surface area (Å²) >= 11 is 6.26. The molecule has 2 aliphatic rings. The van der Waals surface area contributed by atoms with Gasteiger partial charge in [-0.2, -0.15) is 15.0 Å². The van der Waals surface area contributed by atoms with Gasteiger partial charge in [0.25, 0.3) is 5.56 Å². The highest BCUT2D eigenvalue weighted by molar-refractivity contribution is 6.28. The molecule has 1 fully saturated rings. The molecule has 2 atom stereocenters. The van der Waals surface area contributed by atoms with E-state index in [1.165, 1.54) is 0 Å². The van der Waals surface area contributed by atoms with E-state index < -0.39 is 0 Å². The van der Waals surface area contributed by atoms with E-state index in [2.05, 4.69) is 25.2 Å². The zero-order chi connectivity index (χ0) is 23.7. The SMILES string of the molecule is COc1ccc(CCNc2nc(Cl)nc(N3C[C@H]4C[C@@H](C3)c3cccc(=O)n3C4)n2)cc1OC. The Morgan fingerprint density at radius 1 is 1.06 bits per heavy atom. The molecule has 4 heterocycles. The minimum absolute atomic E-state index is 0.0739. The van der Waals surface area contributed by atoms with E-state index in [4.69, 9.17) is 21.1 Å². The molecule has 2 aliphatic heterocycles. The molecule has 1 saturated heterocycles. The summed E-state index contributed by atoms with van der Waals surface area (Å²) in [5, 5.41) is 3.42. The summed E-state index contributed by atoms with van der Waals surface area (Å²) in [6.07, 6.45) is 1.81. The average molecular weight is 483 g/mol. The highest BCUT2D eigenvalue weighted by Crippen LogP contribution is 2.36. The van der Waals surface area contributed by atoms with Gasteiger partial charge in [0.2, 0.25) is 17.2 Å².